The van der Waals surface area contributed by atoms with E-state index < -0.39 is 0 Å². The first kappa shape index (κ1) is 17.7. The topological polar surface area (TPSA) is 88.3 Å². The van der Waals surface area contributed by atoms with E-state index in [1.165, 1.54) is 12.8 Å². The zero-order valence-corrected chi connectivity index (χ0v) is 16.6. The van der Waals surface area contributed by atoms with E-state index in [9.17, 15) is 5.11 Å². The van der Waals surface area contributed by atoms with Gasteiger partial charge < -0.3 is 24.6 Å². The first-order valence-corrected chi connectivity index (χ1v) is 10.6. The molecule has 8 nitrogen and oxygen atoms in total. The Morgan fingerprint density at radius 3 is 2.73 bits per heavy atom. The van der Waals surface area contributed by atoms with Crippen molar-refractivity contribution in [2.75, 3.05) is 18.1 Å². The number of nitrogens with one attached hydrogen (secondary N) is 1. The summed E-state index contributed by atoms with van der Waals surface area (Å²) in [6.07, 6.45) is 10.1. The predicted molar refractivity (Wildman–Crippen MR) is 112 cm³/mol. The van der Waals surface area contributed by atoms with E-state index >= 15 is 0 Å². The van der Waals surface area contributed by atoms with Crippen LogP contribution in [0.25, 0.3) is 16.9 Å². The van der Waals surface area contributed by atoms with E-state index in [4.69, 9.17) is 4.74 Å². The van der Waals surface area contributed by atoms with E-state index in [0.717, 1.165) is 36.6 Å². The van der Waals surface area contributed by atoms with Crippen molar-refractivity contribution in [3.8, 4) is 28.4 Å². The molecule has 3 aliphatic heterocycles. The summed E-state index contributed by atoms with van der Waals surface area (Å²) in [5.41, 5.74) is 2.08. The second kappa shape index (κ2) is 6.98. The van der Waals surface area contributed by atoms with Crippen LogP contribution < -0.4 is 15.0 Å². The van der Waals surface area contributed by atoms with Crippen molar-refractivity contribution in [1.82, 2.24) is 25.1 Å². The molecular formula is C22H24N6O2. The monoisotopic (exact) mass is 404 g/mol. The van der Waals surface area contributed by atoms with Gasteiger partial charge in [-0.2, -0.15) is 0 Å². The van der Waals surface area contributed by atoms with Crippen LogP contribution >= 0.6 is 0 Å². The number of hydrogen-bond acceptors (Lipinski definition) is 7. The van der Waals surface area contributed by atoms with Crippen molar-refractivity contribution in [2.24, 2.45) is 0 Å². The van der Waals surface area contributed by atoms with Gasteiger partial charge in [-0.05, 0) is 37.8 Å². The van der Waals surface area contributed by atoms with Crippen LogP contribution in [0.1, 0.15) is 25.7 Å². The molecule has 0 unspecified atom stereocenters. The summed E-state index contributed by atoms with van der Waals surface area (Å²) in [4.78, 5) is 6.43. The number of nitrogens with zero attached hydrogens (tertiary/aromatic N) is 5. The van der Waals surface area contributed by atoms with Crippen LogP contribution in [0.15, 0.2) is 43.0 Å². The van der Waals surface area contributed by atoms with Gasteiger partial charge in [0.25, 0.3) is 0 Å². The molecule has 6 rings (SSSR count). The molecule has 0 spiro atoms. The standard InChI is InChI=1S/C22H24N6O2/c29-20-11-16(27-6-5-23-13-27)3-4-18(20)19-12-21-22(26-25-19)28(7-8-30-21)17-9-14-1-2-15(10-17)24-14/h3-6,11-15,17,24,29H,1-2,7-10H2/t14-,15+,17-. The number of benzene rings is 1. The van der Waals surface area contributed by atoms with Crippen molar-refractivity contribution < 1.29 is 9.84 Å². The highest BCUT2D eigenvalue weighted by Crippen LogP contribution is 2.39. The summed E-state index contributed by atoms with van der Waals surface area (Å²) in [6, 6.07) is 9.11. The van der Waals surface area contributed by atoms with Crippen molar-refractivity contribution in [2.45, 2.75) is 43.8 Å². The van der Waals surface area contributed by atoms with Crippen molar-refractivity contribution >= 4 is 5.82 Å². The van der Waals surface area contributed by atoms with Gasteiger partial charge in [-0.3, -0.25) is 0 Å². The molecule has 2 fully saturated rings. The molecule has 0 saturated carbocycles. The minimum atomic E-state index is 0.151. The number of ether oxygens (including phenoxy) is 1. The number of phenols is 1. The predicted octanol–water partition coefficient (Wildman–Crippen LogP) is 2.52. The molecule has 2 aromatic heterocycles. The average molecular weight is 404 g/mol. The average Bonchev–Trinajstić information content (AvgIpc) is 3.42. The summed E-state index contributed by atoms with van der Waals surface area (Å²) in [7, 11) is 0. The molecular weight excluding hydrogens is 380 g/mol. The maximum absolute atomic E-state index is 10.6. The second-order valence-corrected chi connectivity index (χ2v) is 8.39. The van der Waals surface area contributed by atoms with Gasteiger partial charge in [0.2, 0.25) is 0 Å². The highest BCUT2D eigenvalue weighted by Gasteiger charge is 2.38. The Bertz CT molecular complexity index is 1060. The summed E-state index contributed by atoms with van der Waals surface area (Å²) >= 11 is 0. The van der Waals surface area contributed by atoms with E-state index in [0.29, 0.717) is 36.0 Å². The first-order valence-electron chi connectivity index (χ1n) is 10.6. The molecule has 3 atom stereocenters. The van der Waals surface area contributed by atoms with Crippen LogP contribution in [-0.4, -0.2) is 56.1 Å². The molecule has 2 N–H and O–H groups in total. The molecule has 30 heavy (non-hydrogen) atoms. The van der Waals surface area contributed by atoms with Crippen LogP contribution in [0.3, 0.4) is 0 Å². The third-order valence-corrected chi connectivity index (χ3v) is 6.55. The number of phenolic OH excluding ortho intramolecular Hbond substituents is 1. The van der Waals surface area contributed by atoms with Gasteiger partial charge in [-0.15, -0.1) is 10.2 Å². The molecule has 2 saturated heterocycles. The Morgan fingerprint density at radius 2 is 1.97 bits per heavy atom. The summed E-state index contributed by atoms with van der Waals surface area (Å²) in [5, 5.41) is 23.3. The molecule has 154 valence electrons. The molecule has 5 heterocycles. The lowest BCUT2D eigenvalue weighted by molar-refractivity contribution is 0.274. The fourth-order valence-electron chi connectivity index (χ4n) is 5.11. The Morgan fingerprint density at radius 1 is 1.10 bits per heavy atom. The minimum absolute atomic E-state index is 0.151. The van der Waals surface area contributed by atoms with Gasteiger partial charge >= 0.3 is 0 Å². The van der Waals surface area contributed by atoms with E-state index in [1.807, 2.05) is 29.0 Å². The number of anilines is 1. The third-order valence-electron chi connectivity index (χ3n) is 6.55. The summed E-state index contributed by atoms with van der Waals surface area (Å²) in [5.74, 6) is 1.72. The molecule has 0 amide bonds. The van der Waals surface area contributed by atoms with Crippen molar-refractivity contribution in [3.63, 3.8) is 0 Å². The van der Waals surface area contributed by atoms with E-state index in [-0.39, 0.29) is 5.75 Å². The third kappa shape index (κ3) is 2.99. The lowest BCUT2D eigenvalue weighted by Gasteiger charge is -2.40. The highest BCUT2D eigenvalue weighted by molar-refractivity contribution is 5.71. The van der Waals surface area contributed by atoms with Gasteiger partial charge in [-0.1, -0.05) is 0 Å². The lowest BCUT2D eigenvalue weighted by atomic mass is 9.97. The fraction of sp³-hybridized carbons (Fsp3) is 0.409. The molecule has 3 aromatic rings. The molecule has 3 aliphatic rings. The largest absolute Gasteiger partial charge is 0.507 e. The molecule has 0 radical (unpaired) electrons. The SMILES string of the molecule is Oc1cc(-n2ccnc2)ccc1-c1cc2c(nn1)N([C@@H]1C[C@H]3CC[C@@H](C1)N3)CCO2. The Balaban J connectivity index is 1.30. The number of piperidine rings is 1. The fourth-order valence-corrected chi connectivity index (χ4v) is 5.11. The number of hydrogen-bond donors (Lipinski definition) is 2. The zero-order chi connectivity index (χ0) is 20.1. The van der Waals surface area contributed by atoms with E-state index in [1.54, 1.807) is 18.6 Å². The Hall–Kier alpha value is -3.13. The number of fused-ring (bicyclic) bond motifs is 3. The smallest absolute Gasteiger partial charge is 0.194 e. The minimum Gasteiger partial charge on any atom is -0.507 e. The van der Waals surface area contributed by atoms with Gasteiger partial charge in [0.05, 0.1) is 18.6 Å². The number of rotatable bonds is 3. The van der Waals surface area contributed by atoms with Crippen LogP contribution in [0.5, 0.6) is 11.5 Å². The van der Waals surface area contributed by atoms with Gasteiger partial charge in [0.15, 0.2) is 11.6 Å². The molecule has 0 aliphatic carbocycles. The maximum Gasteiger partial charge on any atom is 0.194 e. The van der Waals surface area contributed by atoms with Crippen LogP contribution in [-0.2, 0) is 0 Å². The molecule has 8 heteroatoms. The quantitative estimate of drug-likeness (QED) is 0.693. The van der Waals surface area contributed by atoms with Gasteiger partial charge in [0.1, 0.15) is 18.1 Å². The van der Waals surface area contributed by atoms with Crippen LogP contribution in [0.4, 0.5) is 5.82 Å². The van der Waals surface area contributed by atoms with Gasteiger partial charge in [0, 0.05) is 48.2 Å². The highest BCUT2D eigenvalue weighted by atomic mass is 16.5. The summed E-state index contributed by atoms with van der Waals surface area (Å²) < 4.78 is 7.79. The number of aromatic nitrogens is 4. The Kier molecular flexibility index (Phi) is 4.12. The summed E-state index contributed by atoms with van der Waals surface area (Å²) in [6.45, 7) is 1.49. The second-order valence-electron chi connectivity index (χ2n) is 8.39. The molecule has 2 bridgehead atoms. The van der Waals surface area contributed by atoms with Crippen molar-refractivity contribution in [3.05, 3.63) is 43.0 Å². The number of imidazole rings is 1. The van der Waals surface area contributed by atoms with Gasteiger partial charge in [-0.25, -0.2) is 4.98 Å². The maximum atomic E-state index is 10.6. The molecule has 1 aromatic carbocycles. The first-order chi connectivity index (χ1) is 14.7. The lowest BCUT2D eigenvalue weighted by Crippen LogP contribution is -2.50. The normalized spacial score (nSPS) is 25.1. The van der Waals surface area contributed by atoms with Crippen molar-refractivity contribution in [1.29, 1.82) is 0 Å². The van der Waals surface area contributed by atoms with Crippen LogP contribution in [0.2, 0.25) is 0 Å². The Labute approximate surface area is 174 Å². The number of aromatic hydroxyl groups is 1. The van der Waals surface area contributed by atoms with Crippen LogP contribution in [0, 0.1) is 0 Å². The zero-order valence-electron chi connectivity index (χ0n) is 16.6. The van der Waals surface area contributed by atoms with E-state index in [2.05, 4.69) is 25.4 Å².